The molecule has 5 heteroatoms. The standard InChI is InChI=1S/C13H9Cl3FN/c14-9-4-1-3-8(12(9)16)7-18-11-6-2-5-10(15)13(11)17/h1-6,18H,7H2. The molecule has 2 rings (SSSR count). The summed E-state index contributed by atoms with van der Waals surface area (Å²) >= 11 is 17.6. The van der Waals surface area contributed by atoms with E-state index < -0.39 is 5.82 Å². The van der Waals surface area contributed by atoms with Gasteiger partial charge in [0.05, 0.1) is 20.8 Å². The van der Waals surface area contributed by atoms with Crippen LogP contribution in [0.25, 0.3) is 0 Å². The normalized spacial score (nSPS) is 10.4. The van der Waals surface area contributed by atoms with Gasteiger partial charge < -0.3 is 5.32 Å². The fraction of sp³-hybridized carbons (Fsp3) is 0.0769. The van der Waals surface area contributed by atoms with Gasteiger partial charge in [-0.05, 0) is 23.8 Å². The van der Waals surface area contributed by atoms with Crippen molar-refractivity contribution in [2.24, 2.45) is 0 Å². The van der Waals surface area contributed by atoms with Crippen LogP contribution in [-0.2, 0) is 6.54 Å². The molecule has 0 amide bonds. The highest BCUT2D eigenvalue weighted by Crippen LogP contribution is 2.27. The molecule has 0 aromatic heterocycles. The van der Waals surface area contributed by atoms with E-state index in [-0.39, 0.29) is 5.02 Å². The van der Waals surface area contributed by atoms with Crippen LogP contribution in [0.5, 0.6) is 0 Å². The van der Waals surface area contributed by atoms with Crippen LogP contribution in [-0.4, -0.2) is 0 Å². The summed E-state index contributed by atoms with van der Waals surface area (Å²) < 4.78 is 13.6. The highest BCUT2D eigenvalue weighted by Gasteiger charge is 2.08. The number of anilines is 1. The van der Waals surface area contributed by atoms with Crippen molar-refractivity contribution in [1.82, 2.24) is 0 Å². The third-order valence-electron chi connectivity index (χ3n) is 2.45. The summed E-state index contributed by atoms with van der Waals surface area (Å²) in [7, 11) is 0. The highest BCUT2D eigenvalue weighted by atomic mass is 35.5. The molecular weight excluding hydrogens is 296 g/mol. The molecule has 18 heavy (non-hydrogen) atoms. The Kier molecular flexibility index (Phi) is 4.33. The van der Waals surface area contributed by atoms with Crippen LogP contribution in [0, 0.1) is 5.82 Å². The van der Waals surface area contributed by atoms with E-state index in [2.05, 4.69) is 5.32 Å². The molecular formula is C13H9Cl3FN. The zero-order chi connectivity index (χ0) is 13.1. The van der Waals surface area contributed by atoms with Gasteiger partial charge in [0.15, 0.2) is 5.82 Å². The van der Waals surface area contributed by atoms with Crippen molar-refractivity contribution in [3.05, 3.63) is 62.8 Å². The molecule has 0 radical (unpaired) electrons. The van der Waals surface area contributed by atoms with E-state index in [1.165, 1.54) is 6.07 Å². The minimum Gasteiger partial charge on any atom is -0.378 e. The fourth-order valence-corrected chi connectivity index (χ4v) is 2.08. The van der Waals surface area contributed by atoms with Gasteiger partial charge in [-0.25, -0.2) is 4.39 Å². The largest absolute Gasteiger partial charge is 0.378 e. The molecule has 0 bridgehead atoms. The lowest BCUT2D eigenvalue weighted by Gasteiger charge is -2.10. The maximum Gasteiger partial charge on any atom is 0.164 e. The van der Waals surface area contributed by atoms with Crippen LogP contribution in [0.15, 0.2) is 36.4 Å². The van der Waals surface area contributed by atoms with Crippen LogP contribution in [0.2, 0.25) is 15.1 Å². The molecule has 1 nitrogen and oxygen atoms in total. The monoisotopic (exact) mass is 303 g/mol. The Morgan fingerprint density at radius 1 is 0.944 bits per heavy atom. The predicted molar refractivity (Wildman–Crippen MR) is 75.2 cm³/mol. The second kappa shape index (κ2) is 5.79. The minimum absolute atomic E-state index is 0.0807. The van der Waals surface area contributed by atoms with Crippen molar-refractivity contribution in [2.75, 3.05) is 5.32 Å². The van der Waals surface area contributed by atoms with Crippen molar-refractivity contribution in [3.8, 4) is 0 Å². The van der Waals surface area contributed by atoms with Gasteiger partial charge in [-0.15, -0.1) is 0 Å². The summed E-state index contributed by atoms with van der Waals surface area (Å²) in [6.45, 7) is 0.372. The third kappa shape index (κ3) is 2.89. The molecule has 0 fully saturated rings. The zero-order valence-corrected chi connectivity index (χ0v) is 11.5. The summed E-state index contributed by atoms with van der Waals surface area (Å²) in [5.41, 5.74) is 1.13. The molecule has 2 aromatic carbocycles. The molecule has 94 valence electrons. The number of hydrogen-bond acceptors (Lipinski definition) is 1. The first-order valence-corrected chi connectivity index (χ1v) is 6.33. The van der Waals surface area contributed by atoms with Gasteiger partial charge in [0.1, 0.15) is 0 Å². The SMILES string of the molecule is Fc1c(Cl)cccc1NCc1cccc(Cl)c1Cl. The van der Waals surface area contributed by atoms with Crippen molar-refractivity contribution in [3.63, 3.8) is 0 Å². The number of rotatable bonds is 3. The highest BCUT2D eigenvalue weighted by molar-refractivity contribution is 6.42. The third-order valence-corrected chi connectivity index (χ3v) is 3.60. The summed E-state index contributed by atoms with van der Waals surface area (Å²) in [6, 6.07) is 10.1. The number of nitrogens with one attached hydrogen (secondary N) is 1. The fourth-order valence-electron chi connectivity index (χ4n) is 1.52. The predicted octanol–water partition coefficient (Wildman–Crippen LogP) is 5.40. The lowest BCUT2D eigenvalue weighted by molar-refractivity contribution is 0.630. The lowest BCUT2D eigenvalue weighted by Crippen LogP contribution is -2.02. The summed E-state index contributed by atoms with van der Waals surface area (Å²) in [5.74, 6) is -0.475. The summed E-state index contributed by atoms with van der Waals surface area (Å²) in [4.78, 5) is 0. The van der Waals surface area contributed by atoms with Crippen molar-refractivity contribution >= 4 is 40.5 Å². The van der Waals surface area contributed by atoms with Gasteiger partial charge >= 0.3 is 0 Å². The van der Waals surface area contributed by atoms with E-state index in [1.54, 1.807) is 24.3 Å². The Morgan fingerprint density at radius 3 is 2.39 bits per heavy atom. The lowest BCUT2D eigenvalue weighted by atomic mass is 10.2. The van der Waals surface area contributed by atoms with Crippen LogP contribution in [0.4, 0.5) is 10.1 Å². The average Bonchev–Trinajstić information content (AvgIpc) is 2.36. The van der Waals surface area contributed by atoms with Crippen LogP contribution in [0.3, 0.4) is 0 Å². The molecule has 2 aromatic rings. The maximum absolute atomic E-state index is 13.6. The zero-order valence-electron chi connectivity index (χ0n) is 9.18. The van der Waals surface area contributed by atoms with E-state index in [0.717, 1.165) is 5.56 Å². The van der Waals surface area contributed by atoms with Crippen LogP contribution in [0.1, 0.15) is 5.56 Å². The molecule has 1 N–H and O–H groups in total. The van der Waals surface area contributed by atoms with Crippen molar-refractivity contribution in [1.29, 1.82) is 0 Å². The second-order valence-electron chi connectivity index (χ2n) is 3.67. The molecule has 0 saturated heterocycles. The number of halogens is 4. The van der Waals surface area contributed by atoms with Gasteiger partial charge in [0, 0.05) is 6.54 Å². The first kappa shape index (κ1) is 13.5. The Labute approximate surface area is 119 Å². The van der Waals surface area contributed by atoms with E-state index in [1.807, 2.05) is 6.07 Å². The van der Waals surface area contributed by atoms with Gasteiger partial charge in [-0.1, -0.05) is 53.0 Å². The smallest absolute Gasteiger partial charge is 0.164 e. The quantitative estimate of drug-likeness (QED) is 0.800. The van der Waals surface area contributed by atoms with Crippen molar-refractivity contribution < 1.29 is 4.39 Å². The van der Waals surface area contributed by atoms with Crippen LogP contribution < -0.4 is 5.32 Å². The maximum atomic E-state index is 13.6. The van der Waals surface area contributed by atoms with E-state index in [4.69, 9.17) is 34.8 Å². The summed E-state index contributed by atoms with van der Waals surface area (Å²) in [5, 5.41) is 3.96. The first-order valence-electron chi connectivity index (χ1n) is 5.20. The van der Waals surface area contributed by atoms with Gasteiger partial charge in [0.25, 0.3) is 0 Å². The number of hydrogen-bond donors (Lipinski definition) is 1. The topological polar surface area (TPSA) is 12.0 Å². The van der Waals surface area contributed by atoms with E-state index in [0.29, 0.717) is 22.3 Å². The van der Waals surface area contributed by atoms with Gasteiger partial charge in [-0.3, -0.25) is 0 Å². The van der Waals surface area contributed by atoms with Crippen LogP contribution >= 0.6 is 34.8 Å². The Hall–Kier alpha value is -0.960. The molecule has 0 atom stereocenters. The molecule has 0 saturated carbocycles. The van der Waals surface area contributed by atoms with E-state index in [9.17, 15) is 4.39 Å². The average molecular weight is 305 g/mol. The molecule has 0 spiro atoms. The molecule has 0 unspecified atom stereocenters. The Morgan fingerprint density at radius 2 is 1.61 bits per heavy atom. The minimum atomic E-state index is -0.475. The Bertz CT molecular complexity index is 521. The molecule has 0 aliphatic carbocycles. The molecule has 0 heterocycles. The second-order valence-corrected chi connectivity index (χ2v) is 4.86. The molecule has 0 aliphatic rings. The number of benzene rings is 2. The molecule has 0 aliphatic heterocycles. The van der Waals surface area contributed by atoms with Gasteiger partial charge in [0.2, 0.25) is 0 Å². The summed E-state index contributed by atoms with van der Waals surface area (Å²) in [6.07, 6.45) is 0. The van der Waals surface area contributed by atoms with E-state index >= 15 is 0 Å². The first-order chi connectivity index (χ1) is 8.59. The van der Waals surface area contributed by atoms with Gasteiger partial charge in [-0.2, -0.15) is 0 Å². The van der Waals surface area contributed by atoms with Crippen molar-refractivity contribution in [2.45, 2.75) is 6.54 Å². The Balaban J connectivity index is 2.17.